The van der Waals surface area contributed by atoms with Gasteiger partial charge in [-0.05, 0) is 17.7 Å². The van der Waals surface area contributed by atoms with Crippen LogP contribution in [0.5, 0.6) is 0 Å². The molecule has 0 saturated carbocycles. The zero-order chi connectivity index (χ0) is 15.2. The first kappa shape index (κ1) is 16.3. The number of para-hydroxylation sites is 1. The van der Waals surface area contributed by atoms with Crippen LogP contribution in [0.25, 0.3) is 0 Å². The summed E-state index contributed by atoms with van der Waals surface area (Å²) in [6.07, 6.45) is 0. The smallest absolute Gasteiger partial charge is 0.0639 e. The molecule has 1 fully saturated rings. The standard InChI is InChI=1S/C17H26ClN3/c1-14(2)19-12-15(3)13-20-8-10-21(11-9-20)17-7-5-4-6-16(17)18/h4-7,14,19H,3,8-13H2,1-2H3. The normalized spacial score (nSPS) is 16.5. The molecule has 0 spiro atoms. The van der Waals surface area contributed by atoms with E-state index in [4.69, 9.17) is 11.6 Å². The molecule has 21 heavy (non-hydrogen) atoms. The van der Waals surface area contributed by atoms with Gasteiger partial charge in [0.25, 0.3) is 0 Å². The Morgan fingerprint density at radius 3 is 2.52 bits per heavy atom. The first-order valence-corrected chi connectivity index (χ1v) is 8.06. The maximum atomic E-state index is 6.27. The minimum absolute atomic E-state index is 0.513. The van der Waals surface area contributed by atoms with Crippen molar-refractivity contribution < 1.29 is 0 Å². The summed E-state index contributed by atoms with van der Waals surface area (Å²) in [4.78, 5) is 4.84. The van der Waals surface area contributed by atoms with E-state index in [0.717, 1.165) is 50.0 Å². The molecule has 1 heterocycles. The van der Waals surface area contributed by atoms with Crippen molar-refractivity contribution in [2.45, 2.75) is 19.9 Å². The van der Waals surface area contributed by atoms with E-state index in [-0.39, 0.29) is 0 Å². The van der Waals surface area contributed by atoms with Gasteiger partial charge in [-0.15, -0.1) is 0 Å². The average molecular weight is 308 g/mol. The largest absolute Gasteiger partial charge is 0.368 e. The van der Waals surface area contributed by atoms with Crippen molar-refractivity contribution in [1.82, 2.24) is 10.2 Å². The first-order valence-electron chi connectivity index (χ1n) is 7.68. The predicted octanol–water partition coefficient (Wildman–Crippen LogP) is 3.02. The number of piperazine rings is 1. The summed E-state index contributed by atoms with van der Waals surface area (Å²) in [5.41, 5.74) is 2.41. The molecule has 0 amide bonds. The molecule has 1 aromatic carbocycles. The molecule has 116 valence electrons. The molecule has 1 N–H and O–H groups in total. The van der Waals surface area contributed by atoms with E-state index in [1.807, 2.05) is 18.2 Å². The number of rotatable bonds is 6. The van der Waals surface area contributed by atoms with Crippen LogP contribution in [0.4, 0.5) is 5.69 Å². The van der Waals surface area contributed by atoms with Crippen molar-refractivity contribution in [2.24, 2.45) is 0 Å². The van der Waals surface area contributed by atoms with Crippen LogP contribution in [-0.4, -0.2) is 50.2 Å². The highest BCUT2D eigenvalue weighted by Gasteiger charge is 2.18. The summed E-state index contributed by atoms with van der Waals surface area (Å²) < 4.78 is 0. The van der Waals surface area contributed by atoms with E-state index < -0.39 is 0 Å². The summed E-state index contributed by atoms with van der Waals surface area (Å²) in [5, 5.41) is 4.27. The quantitative estimate of drug-likeness (QED) is 0.815. The predicted molar refractivity (Wildman–Crippen MR) is 92.4 cm³/mol. The summed E-state index contributed by atoms with van der Waals surface area (Å²) in [5.74, 6) is 0. The summed E-state index contributed by atoms with van der Waals surface area (Å²) in [6, 6.07) is 8.60. The lowest BCUT2D eigenvalue weighted by atomic mass is 10.2. The van der Waals surface area contributed by atoms with Crippen molar-refractivity contribution in [2.75, 3.05) is 44.2 Å². The second-order valence-corrected chi connectivity index (χ2v) is 6.41. The van der Waals surface area contributed by atoms with E-state index in [0.29, 0.717) is 6.04 Å². The number of benzene rings is 1. The highest BCUT2D eigenvalue weighted by molar-refractivity contribution is 6.33. The Morgan fingerprint density at radius 2 is 1.90 bits per heavy atom. The Labute approximate surface area is 133 Å². The minimum atomic E-state index is 0.513. The fourth-order valence-electron chi connectivity index (χ4n) is 2.58. The van der Waals surface area contributed by atoms with Crippen LogP contribution < -0.4 is 10.2 Å². The van der Waals surface area contributed by atoms with Crippen molar-refractivity contribution >= 4 is 17.3 Å². The van der Waals surface area contributed by atoms with E-state index in [9.17, 15) is 0 Å². The molecule has 0 bridgehead atoms. The molecule has 2 rings (SSSR count). The molecule has 1 aromatic rings. The second-order valence-electron chi connectivity index (χ2n) is 6.00. The van der Waals surface area contributed by atoms with E-state index in [1.165, 1.54) is 5.57 Å². The molecule has 1 aliphatic rings. The molecule has 0 radical (unpaired) electrons. The molecule has 0 unspecified atom stereocenters. The SMILES string of the molecule is C=C(CNC(C)C)CN1CCN(c2ccccc2Cl)CC1. The van der Waals surface area contributed by atoms with Gasteiger partial charge in [-0.3, -0.25) is 4.90 Å². The maximum Gasteiger partial charge on any atom is 0.0639 e. The second kappa shape index (κ2) is 7.83. The van der Waals surface area contributed by atoms with Crippen molar-refractivity contribution in [3.05, 3.63) is 41.4 Å². The van der Waals surface area contributed by atoms with Gasteiger partial charge in [-0.25, -0.2) is 0 Å². The highest BCUT2D eigenvalue weighted by Crippen LogP contribution is 2.26. The van der Waals surface area contributed by atoms with Crippen LogP contribution in [0.2, 0.25) is 5.02 Å². The van der Waals surface area contributed by atoms with Gasteiger partial charge in [-0.2, -0.15) is 0 Å². The van der Waals surface area contributed by atoms with Gasteiger partial charge < -0.3 is 10.2 Å². The van der Waals surface area contributed by atoms with Crippen molar-refractivity contribution in [3.8, 4) is 0 Å². The topological polar surface area (TPSA) is 18.5 Å². The Kier molecular flexibility index (Phi) is 6.09. The lowest BCUT2D eigenvalue weighted by Gasteiger charge is -2.36. The number of halogens is 1. The fourth-order valence-corrected chi connectivity index (χ4v) is 2.83. The fraction of sp³-hybridized carbons (Fsp3) is 0.529. The third-order valence-electron chi connectivity index (χ3n) is 3.77. The van der Waals surface area contributed by atoms with E-state index >= 15 is 0 Å². The van der Waals surface area contributed by atoms with Crippen LogP contribution in [0, 0.1) is 0 Å². The highest BCUT2D eigenvalue weighted by atomic mass is 35.5. The maximum absolute atomic E-state index is 6.27. The van der Waals surface area contributed by atoms with Gasteiger partial charge in [0.15, 0.2) is 0 Å². The molecule has 4 heteroatoms. The Morgan fingerprint density at radius 1 is 1.24 bits per heavy atom. The molecule has 1 saturated heterocycles. The molecule has 0 atom stereocenters. The number of nitrogens with one attached hydrogen (secondary N) is 1. The van der Waals surface area contributed by atoms with Crippen LogP contribution in [0.1, 0.15) is 13.8 Å². The number of hydrogen-bond donors (Lipinski definition) is 1. The van der Waals surface area contributed by atoms with E-state index in [1.54, 1.807) is 0 Å². The lowest BCUT2D eigenvalue weighted by molar-refractivity contribution is 0.276. The number of nitrogens with zero attached hydrogens (tertiary/aromatic N) is 2. The molecule has 0 aromatic heterocycles. The Bertz CT molecular complexity index is 465. The van der Waals surface area contributed by atoms with Crippen LogP contribution in [-0.2, 0) is 0 Å². The van der Waals surface area contributed by atoms with E-state index in [2.05, 4.69) is 41.6 Å². The zero-order valence-electron chi connectivity index (χ0n) is 13.1. The van der Waals surface area contributed by atoms with Gasteiger partial charge in [0.05, 0.1) is 10.7 Å². The van der Waals surface area contributed by atoms with Gasteiger partial charge in [0, 0.05) is 45.3 Å². The summed E-state index contributed by atoms with van der Waals surface area (Å²) >= 11 is 6.27. The summed E-state index contributed by atoms with van der Waals surface area (Å²) in [7, 11) is 0. The number of hydrogen-bond acceptors (Lipinski definition) is 3. The van der Waals surface area contributed by atoms with Crippen molar-refractivity contribution in [3.63, 3.8) is 0 Å². The summed E-state index contributed by atoms with van der Waals surface area (Å²) in [6.45, 7) is 14.6. The Hall–Kier alpha value is -1.03. The molecule has 0 aliphatic carbocycles. The molecular formula is C17H26ClN3. The number of anilines is 1. The minimum Gasteiger partial charge on any atom is -0.368 e. The third kappa shape index (κ3) is 5.03. The van der Waals surface area contributed by atoms with Gasteiger partial charge in [0.1, 0.15) is 0 Å². The average Bonchev–Trinajstić information content (AvgIpc) is 2.47. The van der Waals surface area contributed by atoms with Crippen LogP contribution in [0.15, 0.2) is 36.4 Å². The first-order chi connectivity index (χ1) is 10.1. The monoisotopic (exact) mass is 307 g/mol. The van der Waals surface area contributed by atoms with Gasteiger partial charge in [0.2, 0.25) is 0 Å². The lowest BCUT2D eigenvalue weighted by Crippen LogP contribution is -2.47. The Balaban J connectivity index is 1.78. The van der Waals surface area contributed by atoms with Gasteiger partial charge >= 0.3 is 0 Å². The van der Waals surface area contributed by atoms with Crippen LogP contribution >= 0.6 is 11.6 Å². The molecular weight excluding hydrogens is 282 g/mol. The van der Waals surface area contributed by atoms with Crippen molar-refractivity contribution in [1.29, 1.82) is 0 Å². The molecule has 3 nitrogen and oxygen atoms in total. The van der Waals surface area contributed by atoms with Crippen LogP contribution in [0.3, 0.4) is 0 Å². The molecule has 1 aliphatic heterocycles. The zero-order valence-corrected chi connectivity index (χ0v) is 13.9. The third-order valence-corrected chi connectivity index (χ3v) is 4.09. The van der Waals surface area contributed by atoms with Gasteiger partial charge in [-0.1, -0.05) is 44.2 Å².